The van der Waals surface area contributed by atoms with E-state index in [0.717, 1.165) is 77.0 Å². The van der Waals surface area contributed by atoms with E-state index in [0.29, 0.717) is 6.54 Å². The number of nitrogens with one attached hydrogen (secondary N) is 3. The summed E-state index contributed by atoms with van der Waals surface area (Å²) in [5, 5.41) is 11.8. The number of aromatic amines is 1. The first-order chi connectivity index (χ1) is 16.6. The minimum atomic E-state index is -0.0689. The molecule has 3 N–H and O–H groups in total. The van der Waals surface area contributed by atoms with Gasteiger partial charge in [-0.05, 0) is 19.1 Å². The average molecular weight is 462 g/mol. The van der Waals surface area contributed by atoms with Crippen molar-refractivity contribution in [2.24, 2.45) is 7.05 Å². The summed E-state index contributed by atoms with van der Waals surface area (Å²) in [7, 11) is 1.92. The van der Waals surface area contributed by atoms with E-state index in [1.165, 1.54) is 6.39 Å². The Labute approximate surface area is 196 Å². The molecule has 2 aliphatic rings. The van der Waals surface area contributed by atoms with Crippen LogP contribution >= 0.6 is 0 Å². The average Bonchev–Trinajstić information content (AvgIpc) is 3.59. The Bertz CT molecular complexity index is 1330. The van der Waals surface area contributed by atoms with Crippen molar-refractivity contribution in [3.63, 3.8) is 0 Å². The minimum absolute atomic E-state index is 0.0689. The van der Waals surface area contributed by atoms with E-state index in [1.807, 2.05) is 43.0 Å². The molecule has 0 unspecified atom stereocenters. The number of benzene rings is 1. The molecule has 5 heterocycles. The first kappa shape index (κ1) is 20.8. The highest BCUT2D eigenvalue weighted by molar-refractivity contribution is 5.96. The van der Waals surface area contributed by atoms with Crippen LogP contribution in [0.2, 0.25) is 0 Å². The van der Waals surface area contributed by atoms with Crippen LogP contribution in [0.4, 0.5) is 5.69 Å². The lowest BCUT2D eigenvalue weighted by molar-refractivity contribution is 0.0256. The van der Waals surface area contributed by atoms with Crippen molar-refractivity contribution in [1.82, 2.24) is 30.0 Å². The van der Waals surface area contributed by atoms with E-state index in [9.17, 15) is 0 Å². The molecule has 3 aromatic heterocycles. The van der Waals surface area contributed by atoms with Crippen LogP contribution in [0.25, 0.3) is 22.3 Å². The topological polar surface area (TPSA) is 115 Å². The SMILES string of the molecule is C[C@@H](NC1=C(c2nc3ccc(OC4CCOCC4)cc3[nH]2)CNc2cn(C)nc21)c1cocn1. The van der Waals surface area contributed by atoms with E-state index in [2.05, 4.69) is 20.6 Å². The van der Waals surface area contributed by atoms with Gasteiger partial charge in [0.25, 0.3) is 0 Å². The Morgan fingerprint density at radius 1 is 1.26 bits per heavy atom. The van der Waals surface area contributed by atoms with Crippen molar-refractivity contribution >= 4 is 28.0 Å². The van der Waals surface area contributed by atoms with E-state index >= 15 is 0 Å². The lowest BCUT2D eigenvalue weighted by atomic mass is 10.0. The molecular weight excluding hydrogens is 434 g/mol. The number of hydrogen-bond donors (Lipinski definition) is 3. The summed E-state index contributed by atoms with van der Waals surface area (Å²) in [4.78, 5) is 12.7. The lowest BCUT2D eigenvalue weighted by Gasteiger charge is -2.23. The standard InChI is InChI=1S/C24H27N7O3/c1-14(21-12-33-13-26-21)27-22-17(10-25-20-11-31(2)30-23(20)22)24-28-18-4-3-16(9-19(18)29-24)34-15-5-7-32-8-6-15/h3-4,9,11-15,25,27H,5-8,10H2,1-2H3,(H,28,29)/t14-/m1/s1. The Morgan fingerprint density at radius 3 is 2.97 bits per heavy atom. The zero-order chi connectivity index (χ0) is 23.1. The molecule has 2 aliphatic heterocycles. The van der Waals surface area contributed by atoms with Crippen LogP contribution in [0.3, 0.4) is 0 Å². The highest BCUT2D eigenvalue weighted by atomic mass is 16.5. The zero-order valence-corrected chi connectivity index (χ0v) is 19.2. The van der Waals surface area contributed by atoms with Gasteiger partial charge >= 0.3 is 0 Å². The molecule has 10 heteroatoms. The summed E-state index contributed by atoms with van der Waals surface area (Å²) < 4.78 is 18.6. The molecular formula is C24H27N7O3. The zero-order valence-electron chi connectivity index (χ0n) is 19.2. The van der Waals surface area contributed by atoms with E-state index in [1.54, 1.807) is 6.26 Å². The van der Waals surface area contributed by atoms with Crippen molar-refractivity contribution in [3.05, 3.63) is 54.3 Å². The van der Waals surface area contributed by atoms with Crippen LogP contribution in [0.5, 0.6) is 5.75 Å². The quantitative estimate of drug-likeness (QED) is 0.400. The molecule has 0 bridgehead atoms. The van der Waals surface area contributed by atoms with Gasteiger partial charge in [0.2, 0.25) is 0 Å². The third kappa shape index (κ3) is 3.90. The van der Waals surface area contributed by atoms with Gasteiger partial charge in [-0.15, -0.1) is 0 Å². The molecule has 0 aliphatic carbocycles. The summed E-state index contributed by atoms with van der Waals surface area (Å²) in [5.41, 5.74) is 6.39. The Hall–Kier alpha value is -3.79. The third-order valence-corrected chi connectivity index (χ3v) is 6.29. The minimum Gasteiger partial charge on any atom is -0.490 e. The molecule has 10 nitrogen and oxygen atoms in total. The molecule has 0 amide bonds. The van der Waals surface area contributed by atoms with Crippen molar-refractivity contribution in [3.8, 4) is 5.75 Å². The highest BCUT2D eigenvalue weighted by Crippen LogP contribution is 2.34. The number of fused-ring (bicyclic) bond motifs is 2. The normalized spacial score (nSPS) is 17.5. The summed E-state index contributed by atoms with van der Waals surface area (Å²) >= 11 is 0. The number of hydrogen-bond acceptors (Lipinski definition) is 8. The molecule has 1 fully saturated rings. The molecule has 176 valence electrons. The fourth-order valence-electron chi connectivity index (χ4n) is 4.49. The predicted molar refractivity (Wildman–Crippen MR) is 127 cm³/mol. The molecule has 4 aromatic rings. The summed E-state index contributed by atoms with van der Waals surface area (Å²) in [6.45, 7) is 4.16. The van der Waals surface area contributed by atoms with Crippen molar-refractivity contribution in [1.29, 1.82) is 0 Å². The van der Waals surface area contributed by atoms with Gasteiger partial charge in [-0.3, -0.25) is 4.68 Å². The third-order valence-electron chi connectivity index (χ3n) is 6.29. The number of oxazole rings is 1. The van der Waals surface area contributed by atoms with Gasteiger partial charge in [0.05, 0.1) is 41.7 Å². The first-order valence-electron chi connectivity index (χ1n) is 11.5. The van der Waals surface area contributed by atoms with Crippen LogP contribution < -0.4 is 15.4 Å². The van der Waals surface area contributed by atoms with Crippen LogP contribution in [0.1, 0.15) is 43.0 Å². The molecule has 0 spiro atoms. The second kappa shape index (κ2) is 8.53. The first-order valence-corrected chi connectivity index (χ1v) is 11.5. The molecule has 34 heavy (non-hydrogen) atoms. The molecule has 0 radical (unpaired) electrons. The largest absolute Gasteiger partial charge is 0.490 e. The van der Waals surface area contributed by atoms with Crippen LogP contribution in [-0.4, -0.2) is 50.6 Å². The van der Waals surface area contributed by atoms with Gasteiger partial charge < -0.3 is 29.5 Å². The Kier molecular flexibility index (Phi) is 5.21. The fraction of sp³-hybridized carbons (Fsp3) is 0.375. The molecule has 0 saturated carbocycles. The maximum absolute atomic E-state index is 6.19. The Balaban J connectivity index is 1.36. The summed E-state index contributed by atoms with van der Waals surface area (Å²) in [6.07, 6.45) is 7.09. The predicted octanol–water partition coefficient (Wildman–Crippen LogP) is 3.49. The molecule has 6 rings (SSSR count). The van der Waals surface area contributed by atoms with Crippen molar-refractivity contribution in [2.75, 3.05) is 25.1 Å². The smallest absolute Gasteiger partial charge is 0.180 e. The number of rotatable bonds is 6. The number of imidazole rings is 1. The lowest BCUT2D eigenvalue weighted by Crippen LogP contribution is -2.25. The van der Waals surface area contributed by atoms with Crippen molar-refractivity contribution in [2.45, 2.75) is 31.9 Å². The second-order valence-corrected chi connectivity index (χ2v) is 8.75. The van der Waals surface area contributed by atoms with E-state index in [4.69, 9.17) is 24.0 Å². The summed E-state index contributed by atoms with van der Waals surface area (Å²) in [5.74, 6) is 1.63. The number of aromatic nitrogens is 5. The molecule has 1 saturated heterocycles. The number of ether oxygens (including phenoxy) is 2. The van der Waals surface area contributed by atoms with Gasteiger partial charge in [0, 0.05) is 44.3 Å². The summed E-state index contributed by atoms with van der Waals surface area (Å²) in [6, 6.07) is 5.94. The Morgan fingerprint density at radius 2 is 2.15 bits per heavy atom. The second-order valence-electron chi connectivity index (χ2n) is 8.75. The van der Waals surface area contributed by atoms with E-state index < -0.39 is 0 Å². The van der Waals surface area contributed by atoms with Crippen molar-refractivity contribution < 1.29 is 13.9 Å². The maximum atomic E-state index is 6.19. The van der Waals surface area contributed by atoms with Gasteiger partial charge in [0.1, 0.15) is 35.3 Å². The van der Waals surface area contributed by atoms with Crippen LogP contribution in [0.15, 0.2) is 41.5 Å². The van der Waals surface area contributed by atoms with Crippen LogP contribution in [-0.2, 0) is 11.8 Å². The van der Waals surface area contributed by atoms with Gasteiger partial charge in [0.15, 0.2) is 6.39 Å². The van der Waals surface area contributed by atoms with Gasteiger partial charge in [-0.2, -0.15) is 5.10 Å². The van der Waals surface area contributed by atoms with Gasteiger partial charge in [-0.1, -0.05) is 0 Å². The monoisotopic (exact) mass is 461 g/mol. The number of aryl methyl sites for hydroxylation is 1. The number of H-pyrrole nitrogens is 1. The van der Waals surface area contributed by atoms with E-state index in [-0.39, 0.29) is 12.1 Å². The number of nitrogens with zero attached hydrogens (tertiary/aromatic N) is 4. The maximum Gasteiger partial charge on any atom is 0.180 e. The van der Waals surface area contributed by atoms with Gasteiger partial charge in [-0.25, -0.2) is 9.97 Å². The highest BCUT2D eigenvalue weighted by Gasteiger charge is 2.27. The molecule has 1 atom stereocenters. The fourth-order valence-corrected chi connectivity index (χ4v) is 4.49. The van der Waals surface area contributed by atoms with Crippen LogP contribution in [0, 0.1) is 0 Å². The number of anilines is 1. The molecule has 1 aromatic carbocycles.